The van der Waals surface area contributed by atoms with E-state index >= 15 is 0 Å². The highest BCUT2D eigenvalue weighted by Crippen LogP contribution is 2.59. The van der Waals surface area contributed by atoms with E-state index in [0.29, 0.717) is 35.5 Å². The van der Waals surface area contributed by atoms with Crippen LogP contribution < -0.4 is 4.74 Å². The van der Waals surface area contributed by atoms with E-state index < -0.39 is 17.7 Å². The summed E-state index contributed by atoms with van der Waals surface area (Å²) >= 11 is 0. The molecule has 2 aliphatic heterocycles. The Morgan fingerprint density at radius 3 is 2.56 bits per heavy atom. The second kappa shape index (κ2) is 10.6. The summed E-state index contributed by atoms with van der Waals surface area (Å²) in [6.07, 6.45) is 6.76. The second-order valence-electron chi connectivity index (χ2n) is 10.4. The topological polar surface area (TPSA) is 110 Å². The highest BCUT2D eigenvalue weighted by molar-refractivity contribution is 5.87. The van der Waals surface area contributed by atoms with Gasteiger partial charge in [-0.05, 0) is 69.4 Å². The molecule has 1 aromatic rings. The van der Waals surface area contributed by atoms with Crippen LogP contribution in [0.1, 0.15) is 56.7 Å². The Labute approximate surface area is 212 Å². The van der Waals surface area contributed by atoms with Gasteiger partial charge in [-0.3, -0.25) is 0 Å². The molecule has 2 N–H and O–H groups in total. The van der Waals surface area contributed by atoms with Gasteiger partial charge in [0.25, 0.3) is 0 Å². The summed E-state index contributed by atoms with van der Waals surface area (Å²) in [4.78, 5) is 12.8. The monoisotopic (exact) mass is 502 g/mol. The van der Waals surface area contributed by atoms with Crippen molar-refractivity contribution >= 4 is 12.0 Å². The van der Waals surface area contributed by atoms with Crippen LogP contribution in [0.5, 0.6) is 5.75 Å². The van der Waals surface area contributed by atoms with Crippen LogP contribution in [-0.2, 0) is 37.0 Å². The zero-order valence-electron chi connectivity index (χ0n) is 21.8. The zero-order chi connectivity index (χ0) is 26.1. The molecule has 0 aromatic heterocycles. The molecule has 1 aromatic carbocycles. The Balaban J connectivity index is 1.47. The fourth-order valence-electron chi connectivity index (χ4n) is 5.75. The average molecular weight is 503 g/mol. The third-order valence-electron chi connectivity index (χ3n) is 7.79. The lowest BCUT2D eigenvalue weighted by Gasteiger charge is -2.42. The summed E-state index contributed by atoms with van der Waals surface area (Å²) in [6.45, 7) is 6.43. The van der Waals surface area contributed by atoms with Crippen molar-refractivity contribution in [3.8, 4) is 5.75 Å². The molecule has 198 valence electrons. The Bertz CT molecular complexity index is 997. The first-order valence-corrected chi connectivity index (χ1v) is 12.5. The molecule has 3 aliphatic rings. The number of epoxide rings is 2. The molecule has 36 heavy (non-hydrogen) atoms. The highest BCUT2D eigenvalue weighted by Gasteiger charge is 2.72. The van der Waals surface area contributed by atoms with E-state index in [2.05, 4.69) is 26.8 Å². The third kappa shape index (κ3) is 5.24. The predicted octanol–water partition coefficient (Wildman–Crippen LogP) is 3.31. The quantitative estimate of drug-likeness (QED) is 0.217. The molecule has 2 heterocycles. The van der Waals surface area contributed by atoms with Gasteiger partial charge in [-0.1, -0.05) is 11.6 Å². The molecule has 8 nitrogen and oxygen atoms in total. The number of aliphatic hydroxyl groups is 2. The lowest BCUT2D eigenvalue weighted by atomic mass is 9.68. The smallest absolute Gasteiger partial charge is 0.331 e. The molecular weight excluding hydrogens is 464 g/mol. The normalized spacial score (nSPS) is 33.0. The maximum atomic E-state index is 12.8. The summed E-state index contributed by atoms with van der Waals surface area (Å²) in [6, 6.07) is 3.41. The minimum atomic E-state index is -0.479. The lowest BCUT2D eigenvalue weighted by molar-refractivity contribution is -0.166. The number of carbonyl (C=O) groups is 1. The number of benzene rings is 1. The molecule has 0 radical (unpaired) electrons. The molecule has 3 fully saturated rings. The molecular formula is C28H38O8. The number of aliphatic hydroxyl groups excluding tert-OH is 2. The van der Waals surface area contributed by atoms with Gasteiger partial charge < -0.3 is 33.9 Å². The van der Waals surface area contributed by atoms with Crippen molar-refractivity contribution in [2.45, 2.75) is 82.8 Å². The molecule has 0 amide bonds. The number of methoxy groups -OCH3 is 2. The van der Waals surface area contributed by atoms with Gasteiger partial charge in [-0.15, -0.1) is 0 Å². The van der Waals surface area contributed by atoms with Gasteiger partial charge in [0.15, 0.2) is 0 Å². The molecule has 1 spiro atoms. The van der Waals surface area contributed by atoms with Crippen LogP contribution in [0.3, 0.4) is 0 Å². The number of hydrogen-bond acceptors (Lipinski definition) is 8. The van der Waals surface area contributed by atoms with Crippen LogP contribution in [0.15, 0.2) is 29.9 Å². The summed E-state index contributed by atoms with van der Waals surface area (Å²) < 4.78 is 29.3. The SMILES string of the molecule is COc1cc(/C=C/C(=O)O[C@@H]2CC[C@]3(CO3)[C@@H](C3(C)O[C@@H]3CC=C(C)C)[C@@H]2OC)cc(CO)c1CO. The van der Waals surface area contributed by atoms with Crippen molar-refractivity contribution < 1.29 is 38.7 Å². The van der Waals surface area contributed by atoms with Crippen LogP contribution in [0, 0.1) is 5.92 Å². The maximum Gasteiger partial charge on any atom is 0.331 e. The minimum absolute atomic E-state index is 0.0384. The van der Waals surface area contributed by atoms with Gasteiger partial charge in [-0.25, -0.2) is 4.79 Å². The molecule has 8 heteroatoms. The van der Waals surface area contributed by atoms with Crippen molar-refractivity contribution in [2.24, 2.45) is 5.92 Å². The first kappa shape index (κ1) is 26.8. The Hall–Kier alpha value is -2.23. The number of allylic oxidation sites excluding steroid dienone is 1. The minimum Gasteiger partial charge on any atom is -0.496 e. The second-order valence-corrected chi connectivity index (χ2v) is 10.4. The maximum absolute atomic E-state index is 12.8. The fraction of sp³-hybridized carbons (Fsp3) is 0.607. The Kier molecular flexibility index (Phi) is 7.92. The summed E-state index contributed by atoms with van der Waals surface area (Å²) in [5.41, 5.74) is 2.29. The van der Waals surface area contributed by atoms with Crippen molar-refractivity contribution in [3.63, 3.8) is 0 Å². The van der Waals surface area contributed by atoms with Crippen molar-refractivity contribution in [1.82, 2.24) is 0 Å². The van der Waals surface area contributed by atoms with Crippen LogP contribution in [0.4, 0.5) is 0 Å². The first-order chi connectivity index (χ1) is 17.2. The molecule has 1 aliphatic carbocycles. The molecule has 6 atom stereocenters. The molecule has 0 bridgehead atoms. The van der Waals surface area contributed by atoms with E-state index in [1.807, 2.05) is 0 Å². The summed E-state index contributed by atoms with van der Waals surface area (Å²) in [5.74, 6) is -0.0719. The van der Waals surface area contributed by atoms with Crippen LogP contribution in [0.25, 0.3) is 6.08 Å². The van der Waals surface area contributed by atoms with Crippen molar-refractivity contribution in [3.05, 3.63) is 46.5 Å². The van der Waals surface area contributed by atoms with E-state index in [1.54, 1.807) is 25.3 Å². The zero-order valence-corrected chi connectivity index (χ0v) is 21.8. The van der Waals surface area contributed by atoms with Crippen LogP contribution >= 0.6 is 0 Å². The number of esters is 1. The summed E-state index contributed by atoms with van der Waals surface area (Å²) in [7, 11) is 3.14. The highest BCUT2D eigenvalue weighted by atomic mass is 16.6. The Morgan fingerprint density at radius 2 is 1.97 bits per heavy atom. The number of rotatable bonds is 10. The van der Waals surface area contributed by atoms with E-state index in [0.717, 1.165) is 12.8 Å². The predicted molar refractivity (Wildman–Crippen MR) is 133 cm³/mol. The van der Waals surface area contributed by atoms with Gasteiger partial charge >= 0.3 is 5.97 Å². The van der Waals surface area contributed by atoms with Gasteiger partial charge in [-0.2, -0.15) is 0 Å². The molecule has 4 rings (SSSR count). The van der Waals surface area contributed by atoms with E-state index in [9.17, 15) is 15.0 Å². The molecule has 2 saturated heterocycles. The van der Waals surface area contributed by atoms with Crippen molar-refractivity contribution in [1.29, 1.82) is 0 Å². The van der Waals surface area contributed by atoms with Gasteiger partial charge in [0, 0.05) is 18.7 Å². The van der Waals surface area contributed by atoms with E-state index in [1.165, 1.54) is 18.8 Å². The first-order valence-electron chi connectivity index (χ1n) is 12.5. The number of ether oxygens (including phenoxy) is 5. The van der Waals surface area contributed by atoms with Gasteiger partial charge in [0.05, 0.1) is 39.0 Å². The van der Waals surface area contributed by atoms with Gasteiger partial charge in [0.2, 0.25) is 0 Å². The van der Waals surface area contributed by atoms with E-state index in [4.69, 9.17) is 23.7 Å². The number of carbonyl (C=O) groups excluding carboxylic acids is 1. The third-order valence-corrected chi connectivity index (χ3v) is 7.79. The van der Waals surface area contributed by atoms with Gasteiger partial charge in [0.1, 0.15) is 29.2 Å². The fourth-order valence-corrected chi connectivity index (χ4v) is 5.75. The molecule has 1 unspecified atom stereocenters. The Morgan fingerprint density at radius 1 is 1.22 bits per heavy atom. The van der Waals surface area contributed by atoms with Crippen LogP contribution in [0.2, 0.25) is 0 Å². The van der Waals surface area contributed by atoms with Crippen LogP contribution in [-0.4, -0.2) is 66.5 Å². The molecule has 1 saturated carbocycles. The average Bonchev–Trinajstić information content (AvgIpc) is 3.78. The lowest BCUT2D eigenvalue weighted by Crippen LogP contribution is -2.55. The van der Waals surface area contributed by atoms with E-state index in [-0.39, 0.29) is 36.9 Å². The largest absolute Gasteiger partial charge is 0.496 e. The van der Waals surface area contributed by atoms with Crippen molar-refractivity contribution in [2.75, 3.05) is 20.8 Å². The number of hydrogen-bond donors (Lipinski definition) is 2. The standard InChI is InChI=1S/C28H38O8/c1-17(2)6-8-23-27(3,36-23)26-25(33-5)21(10-11-28(26)16-34-28)35-24(31)9-7-18-12-19(14-29)20(15-30)22(13-18)32-4/h6-7,9,12-13,21,23,25-26,29-30H,8,10-11,14-16H2,1-5H3/b9-7+/t21-,23-,25-,26-,27?,28+/m1/s1. The summed E-state index contributed by atoms with van der Waals surface area (Å²) in [5, 5.41) is 19.2.